The van der Waals surface area contributed by atoms with Crippen molar-refractivity contribution in [1.82, 2.24) is 26.3 Å². The number of nitrogens with one attached hydrogen (secondary N) is 5. The maximum Gasteiger partial charge on any atom is 0.408 e. The number of aromatic amines is 1. The fraction of sp³-hybridized carbons (Fsp3) is 0.458. The van der Waals surface area contributed by atoms with Gasteiger partial charge in [-0.2, -0.15) is 5.26 Å². The first-order valence-electron chi connectivity index (χ1n) is 11.6. The molecule has 1 unspecified atom stereocenters. The maximum atomic E-state index is 12.7. The molecule has 36 heavy (non-hydrogen) atoms. The van der Waals surface area contributed by atoms with Crippen molar-refractivity contribution in [2.75, 3.05) is 20.2 Å². The van der Waals surface area contributed by atoms with Gasteiger partial charge in [0.25, 0.3) is 5.91 Å². The molecule has 2 heterocycles. The van der Waals surface area contributed by atoms with Gasteiger partial charge in [-0.15, -0.1) is 0 Å². The summed E-state index contributed by atoms with van der Waals surface area (Å²) in [6, 6.07) is 7.68. The van der Waals surface area contributed by atoms with E-state index < -0.39 is 42.5 Å². The van der Waals surface area contributed by atoms with Crippen molar-refractivity contribution in [3.05, 3.63) is 30.0 Å². The van der Waals surface area contributed by atoms with Gasteiger partial charge in [0.1, 0.15) is 17.5 Å². The van der Waals surface area contributed by atoms with Crippen LogP contribution in [-0.2, 0) is 14.3 Å². The average molecular weight is 499 g/mol. The van der Waals surface area contributed by atoms with E-state index in [1.54, 1.807) is 38.1 Å². The molecule has 3 rings (SSSR count). The van der Waals surface area contributed by atoms with Crippen LogP contribution in [0.3, 0.4) is 0 Å². The maximum absolute atomic E-state index is 12.7. The molecule has 1 aromatic heterocycles. The van der Waals surface area contributed by atoms with E-state index in [0.717, 1.165) is 5.39 Å². The van der Waals surface area contributed by atoms with E-state index in [-0.39, 0.29) is 24.1 Å². The molecule has 192 valence electrons. The number of benzene rings is 1. The van der Waals surface area contributed by atoms with Gasteiger partial charge in [-0.05, 0) is 44.9 Å². The second-order valence-electron chi connectivity index (χ2n) is 8.73. The smallest absolute Gasteiger partial charge is 0.408 e. The van der Waals surface area contributed by atoms with Gasteiger partial charge in [-0.1, -0.05) is 6.07 Å². The summed E-state index contributed by atoms with van der Waals surface area (Å²) in [6.07, 6.45) is -1.52. The van der Waals surface area contributed by atoms with E-state index in [1.807, 2.05) is 6.07 Å². The van der Waals surface area contributed by atoms with Crippen LogP contribution < -0.4 is 26.0 Å². The van der Waals surface area contributed by atoms with E-state index in [9.17, 15) is 24.4 Å². The lowest BCUT2D eigenvalue weighted by molar-refractivity contribution is -0.124. The Morgan fingerprint density at radius 3 is 2.67 bits per heavy atom. The molecule has 0 bridgehead atoms. The number of aromatic nitrogens is 1. The molecule has 0 aliphatic carbocycles. The summed E-state index contributed by atoms with van der Waals surface area (Å²) < 4.78 is 10.5. The van der Waals surface area contributed by atoms with Gasteiger partial charge in [0.2, 0.25) is 17.9 Å². The number of ether oxygens (including phenoxy) is 2. The summed E-state index contributed by atoms with van der Waals surface area (Å²) in [7, 11) is 1.53. The van der Waals surface area contributed by atoms with E-state index in [2.05, 4.69) is 26.3 Å². The highest BCUT2D eigenvalue weighted by Crippen LogP contribution is 2.26. The lowest BCUT2D eigenvalue weighted by Crippen LogP contribution is -2.50. The fourth-order valence-electron chi connectivity index (χ4n) is 3.96. The number of carbonyl (C=O) groups is 4. The number of H-pyrrole nitrogens is 1. The summed E-state index contributed by atoms with van der Waals surface area (Å²) in [6.45, 7) is 3.56. The van der Waals surface area contributed by atoms with Gasteiger partial charge < -0.3 is 35.7 Å². The van der Waals surface area contributed by atoms with E-state index in [4.69, 9.17) is 9.47 Å². The van der Waals surface area contributed by atoms with Gasteiger partial charge in [0.05, 0.1) is 19.7 Å². The Morgan fingerprint density at radius 1 is 1.25 bits per heavy atom. The summed E-state index contributed by atoms with van der Waals surface area (Å²) >= 11 is 0. The highest BCUT2D eigenvalue weighted by Gasteiger charge is 2.34. The zero-order valence-electron chi connectivity index (χ0n) is 20.3. The molecule has 1 aliphatic rings. The molecule has 12 nitrogen and oxygen atoms in total. The summed E-state index contributed by atoms with van der Waals surface area (Å²) in [5, 5.41) is 20.7. The van der Waals surface area contributed by atoms with Crippen molar-refractivity contribution in [2.24, 2.45) is 5.92 Å². The first-order chi connectivity index (χ1) is 17.2. The van der Waals surface area contributed by atoms with Crippen molar-refractivity contribution in [3.63, 3.8) is 0 Å². The zero-order valence-corrected chi connectivity index (χ0v) is 20.3. The second kappa shape index (κ2) is 11.9. The van der Waals surface area contributed by atoms with Crippen LogP contribution in [0.5, 0.6) is 5.75 Å². The Balaban J connectivity index is 1.65. The topological polar surface area (TPSA) is 174 Å². The SMILES string of the molecule is COc1cccc2[nH]c(C(=O)NCC(=O)N[C@@H](C[C@@H]3CCNC3=O)C(C#N)OC(=O)NC(C)C)cc12. The molecule has 3 atom stereocenters. The van der Waals surface area contributed by atoms with Crippen molar-refractivity contribution in [3.8, 4) is 11.8 Å². The molecule has 4 amide bonds. The Hall–Kier alpha value is -4.27. The van der Waals surface area contributed by atoms with Crippen LogP contribution in [-0.4, -0.2) is 67.2 Å². The summed E-state index contributed by atoms with van der Waals surface area (Å²) in [5.41, 5.74) is 0.942. The average Bonchev–Trinajstić information content (AvgIpc) is 3.46. The van der Waals surface area contributed by atoms with Crippen molar-refractivity contribution in [1.29, 1.82) is 5.26 Å². The zero-order chi connectivity index (χ0) is 26.2. The number of rotatable bonds is 10. The van der Waals surface area contributed by atoms with Gasteiger partial charge in [-0.3, -0.25) is 14.4 Å². The number of hydrogen-bond acceptors (Lipinski definition) is 7. The van der Waals surface area contributed by atoms with Crippen LogP contribution in [0.2, 0.25) is 0 Å². The third kappa shape index (κ3) is 6.65. The Morgan fingerprint density at radius 2 is 2.03 bits per heavy atom. The van der Waals surface area contributed by atoms with E-state index in [1.165, 1.54) is 7.11 Å². The Labute approximate surface area is 208 Å². The minimum atomic E-state index is -1.34. The van der Waals surface area contributed by atoms with Crippen molar-refractivity contribution in [2.45, 2.75) is 44.9 Å². The van der Waals surface area contributed by atoms with Crippen LogP contribution in [0, 0.1) is 17.2 Å². The van der Waals surface area contributed by atoms with Gasteiger partial charge in [0, 0.05) is 29.4 Å². The predicted molar refractivity (Wildman–Crippen MR) is 129 cm³/mol. The lowest BCUT2D eigenvalue weighted by Gasteiger charge is -2.25. The minimum Gasteiger partial charge on any atom is -0.496 e. The normalized spacial score (nSPS) is 16.5. The lowest BCUT2D eigenvalue weighted by atomic mass is 9.95. The molecule has 0 radical (unpaired) electrons. The number of methoxy groups -OCH3 is 1. The first-order valence-corrected chi connectivity index (χ1v) is 11.6. The minimum absolute atomic E-state index is 0.0977. The highest BCUT2D eigenvalue weighted by atomic mass is 16.6. The fourth-order valence-corrected chi connectivity index (χ4v) is 3.96. The summed E-state index contributed by atoms with van der Waals surface area (Å²) in [5.74, 6) is -1.16. The Bertz CT molecular complexity index is 1170. The second-order valence-corrected chi connectivity index (χ2v) is 8.73. The van der Waals surface area contributed by atoms with Crippen LogP contribution in [0.15, 0.2) is 24.3 Å². The standard InChI is InChI=1S/C24H30N6O6/c1-13(2)28-24(34)36-20(11-25)17(9-14-7-8-26-22(14)32)30-21(31)12-27-23(33)18-10-15-16(29-18)5-4-6-19(15)35-3/h4-6,10,13-14,17,20,29H,7-9,12H2,1-3H3,(H,26,32)(H,27,33)(H,28,34)(H,30,31)/t14-,17-,20?/m0/s1. The number of amides is 4. The molecule has 5 N–H and O–H groups in total. The summed E-state index contributed by atoms with van der Waals surface area (Å²) in [4.78, 5) is 52.4. The molecular weight excluding hydrogens is 468 g/mol. The predicted octanol–water partition coefficient (Wildman–Crippen LogP) is 0.944. The number of carbonyl (C=O) groups excluding carboxylic acids is 4. The van der Waals surface area contributed by atoms with Gasteiger partial charge in [-0.25, -0.2) is 4.79 Å². The number of alkyl carbamates (subject to hydrolysis) is 1. The molecule has 1 saturated heterocycles. The van der Waals surface area contributed by atoms with Crippen LogP contribution in [0.1, 0.15) is 37.2 Å². The van der Waals surface area contributed by atoms with Crippen LogP contribution in [0.4, 0.5) is 4.79 Å². The van der Waals surface area contributed by atoms with E-state index in [0.29, 0.717) is 24.2 Å². The molecule has 0 saturated carbocycles. The van der Waals surface area contributed by atoms with Gasteiger partial charge >= 0.3 is 6.09 Å². The van der Waals surface area contributed by atoms with Gasteiger partial charge in [0.15, 0.2) is 0 Å². The molecule has 1 fully saturated rings. The first kappa shape index (κ1) is 26.3. The molecular formula is C24H30N6O6. The Kier molecular flexibility index (Phi) is 8.72. The molecule has 12 heteroatoms. The molecule has 0 spiro atoms. The van der Waals surface area contributed by atoms with Crippen LogP contribution in [0.25, 0.3) is 10.9 Å². The van der Waals surface area contributed by atoms with E-state index >= 15 is 0 Å². The number of nitriles is 1. The highest BCUT2D eigenvalue weighted by molar-refractivity contribution is 6.00. The van der Waals surface area contributed by atoms with Crippen molar-refractivity contribution < 1.29 is 28.7 Å². The largest absolute Gasteiger partial charge is 0.496 e. The van der Waals surface area contributed by atoms with Crippen LogP contribution >= 0.6 is 0 Å². The number of fused-ring (bicyclic) bond motifs is 1. The number of nitrogens with zero attached hydrogens (tertiary/aromatic N) is 1. The molecule has 2 aromatic rings. The molecule has 1 aromatic carbocycles. The van der Waals surface area contributed by atoms with Crippen molar-refractivity contribution >= 4 is 34.7 Å². The molecule has 1 aliphatic heterocycles. The third-order valence-corrected chi connectivity index (χ3v) is 5.68. The monoisotopic (exact) mass is 498 g/mol. The number of hydrogen-bond donors (Lipinski definition) is 5. The quantitative estimate of drug-likeness (QED) is 0.324. The third-order valence-electron chi connectivity index (χ3n) is 5.68.